The summed E-state index contributed by atoms with van der Waals surface area (Å²) in [6.07, 6.45) is 0.898. The minimum Gasteiger partial charge on any atom is -0.271 e. The molecule has 0 radical (unpaired) electrons. The largest absolute Gasteiger partial charge is 0.271 e. The summed E-state index contributed by atoms with van der Waals surface area (Å²) in [6, 6.07) is 10.6. The molecule has 1 unspecified atom stereocenters. The first kappa shape index (κ1) is 13.5. The smallest absolute Gasteiger partial charge is 0.0508 e. The van der Waals surface area contributed by atoms with Gasteiger partial charge < -0.3 is 0 Å². The Morgan fingerprint density at radius 3 is 2.82 bits per heavy atom. The average Bonchev–Trinajstić information content (AvgIpc) is 2.71. The number of rotatable bonds is 4. The van der Waals surface area contributed by atoms with Gasteiger partial charge in [0.15, 0.2) is 0 Å². The molecule has 0 aliphatic heterocycles. The SMILES string of the molecule is NNC(Cc1sccc1Br)c1cccc(I)c1. The minimum absolute atomic E-state index is 0.152. The lowest BCUT2D eigenvalue weighted by Gasteiger charge is -2.16. The van der Waals surface area contributed by atoms with E-state index in [4.69, 9.17) is 5.84 Å². The van der Waals surface area contributed by atoms with Crippen LogP contribution in [0.15, 0.2) is 40.2 Å². The first-order chi connectivity index (χ1) is 8.20. The Hall–Kier alpha value is 0.0500. The first-order valence-corrected chi connectivity index (χ1v) is 7.89. The van der Waals surface area contributed by atoms with Crippen LogP contribution in [-0.2, 0) is 6.42 Å². The maximum Gasteiger partial charge on any atom is 0.0508 e. The number of benzene rings is 1. The summed E-state index contributed by atoms with van der Waals surface area (Å²) >= 11 is 7.62. The molecule has 1 aromatic carbocycles. The molecule has 0 saturated heterocycles. The number of hydrogen-bond donors (Lipinski definition) is 2. The van der Waals surface area contributed by atoms with Crippen molar-refractivity contribution in [2.45, 2.75) is 12.5 Å². The van der Waals surface area contributed by atoms with E-state index in [1.54, 1.807) is 11.3 Å². The molecule has 3 N–H and O–H groups in total. The summed E-state index contributed by atoms with van der Waals surface area (Å²) in [5.41, 5.74) is 4.12. The van der Waals surface area contributed by atoms with Crippen LogP contribution in [0.4, 0.5) is 0 Å². The highest BCUT2D eigenvalue weighted by Crippen LogP contribution is 2.28. The van der Waals surface area contributed by atoms with Gasteiger partial charge in [0.25, 0.3) is 0 Å². The standard InChI is InChI=1S/C12H12BrIN2S/c13-10-4-5-17-12(10)7-11(16-15)8-2-1-3-9(14)6-8/h1-6,11,16H,7,15H2. The number of hydrazine groups is 1. The van der Waals surface area contributed by atoms with E-state index in [1.807, 2.05) is 0 Å². The fourth-order valence-electron chi connectivity index (χ4n) is 1.65. The third-order valence-corrected chi connectivity index (χ3v) is 5.15. The molecular formula is C12H12BrIN2S. The highest BCUT2D eigenvalue weighted by molar-refractivity contribution is 14.1. The molecule has 0 saturated carbocycles. The van der Waals surface area contributed by atoms with E-state index in [0.29, 0.717) is 0 Å². The van der Waals surface area contributed by atoms with Crippen LogP contribution >= 0.6 is 49.9 Å². The monoisotopic (exact) mass is 422 g/mol. The molecular weight excluding hydrogens is 411 g/mol. The molecule has 0 aliphatic rings. The van der Waals surface area contributed by atoms with E-state index in [9.17, 15) is 0 Å². The Labute approximate surface area is 127 Å². The van der Waals surface area contributed by atoms with Crippen molar-refractivity contribution in [3.63, 3.8) is 0 Å². The highest BCUT2D eigenvalue weighted by Gasteiger charge is 2.13. The zero-order valence-corrected chi connectivity index (χ0v) is 13.6. The van der Waals surface area contributed by atoms with Crippen molar-refractivity contribution >= 4 is 49.9 Å². The Morgan fingerprint density at radius 2 is 2.24 bits per heavy atom. The molecule has 1 aromatic heterocycles. The molecule has 1 atom stereocenters. The van der Waals surface area contributed by atoms with Crippen molar-refractivity contribution in [2.75, 3.05) is 0 Å². The molecule has 0 amide bonds. The molecule has 2 rings (SSSR count). The van der Waals surface area contributed by atoms with Gasteiger partial charge >= 0.3 is 0 Å². The summed E-state index contributed by atoms with van der Waals surface area (Å²) in [6.45, 7) is 0. The number of nitrogens with one attached hydrogen (secondary N) is 1. The predicted molar refractivity (Wildman–Crippen MR) is 84.9 cm³/mol. The molecule has 0 bridgehead atoms. The van der Waals surface area contributed by atoms with E-state index < -0.39 is 0 Å². The Morgan fingerprint density at radius 1 is 1.41 bits per heavy atom. The predicted octanol–water partition coefficient (Wildman–Crippen LogP) is 3.86. The molecule has 90 valence electrons. The van der Waals surface area contributed by atoms with Crippen molar-refractivity contribution in [2.24, 2.45) is 5.84 Å². The van der Waals surface area contributed by atoms with Gasteiger partial charge in [0.2, 0.25) is 0 Å². The van der Waals surface area contributed by atoms with Gasteiger partial charge in [-0.15, -0.1) is 11.3 Å². The second-order valence-electron chi connectivity index (χ2n) is 3.67. The molecule has 5 heteroatoms. The van der Waals surface area contributed by atoms with Gasteiger partial charge in [-0.3, -0.25) is 11.3 Å². The van der Waals surface area contributed by atoms with E-state index in [2.05, 4.69) is 79.7 Å². The van der Waals surface area contributed by atoms with Gasteiger partial charge in [0.05, 0.1) is 6.04 Å². The lowest BCUT2D eigenvalue weighted by Crippen LogP contribution is -2.29. The zero-order valence-electron chi connectivity index (χ0n) is 8.99. The molecule has 2 aromatic rings. The van der Waals surface area contributed by atoms with Crippen LogP contribution in [0.3, 0.4) is 0 Å². The fourth-order valence-corrected chi connectivity index (χ4v) is 3.78. The summed E-state index contributed by atoms with van der Waals surface area (Å²) in [4.78, 5) is 1.31. The minimum atomic E-state index is 0.152. The quantitative estimate of drug-likeness (QED) is 0.446. The molecule has 1 heterocycles. The Balaban J connectivity index is 2.20. The van der Waals surface area contributed by atoms with Gasteiger partial charge in [-0.25, -0.2) is 0 Å². The summed E-state index contributed by atoms with van der Waals surface area (Å²) in [5.74, 6) is 5.66. The van der Waals surface area contributed by atoms with Crippen LogP contribution in [-0.4, -0.2) is 0 Å². The number of nitrogens with two attached hydrogens (primary N) is 1. The second-order valence-corrected chi connectivity index (χ2v) is 6.77. The highest BCUT2D eigenvalue weighted by atomic mass is 127. The molecule has 2 nitrogen and oxygen atoms in total. The van der Waals surface area contributed by atoms with Crippen LogP contribution in [0.2, 0.25) is 0 Å². The first-order valence-electron chi connectivity index (χ1n) is 5.14. The summed E-state index contributed by atoms with van der Waals surface area (Å²) in [5, 5.41) is 2.09. The lowest BCUT2D eigenvalue weighted by molar-refractivity contribution is 0.554. The van der Waals surface area contributed by atoms with Crippen LogP contribution in [0.25, 0.3) is 0 Å². The van der Waals surface area contributed by atoms with Gasteiger partial charge in [0, 0.05) is 19.3 Å². The second kappa shape index (κ2) is 6.29. The maximum absolute atomic E-state index is 5.66. The lowest BCUT2D eigenvalue weighted by atomic mass is 10.0. The van der Waals surface area contributed by atoms with Crippen molar-refractivity contribution in [1.29, 1.82) is 0 Å². The number of thiophene rings is 1. The molecule has 0 aliphatic carbocycles. The Bertz CT molecular complexity index is 501. The topological polar surface area (TPSA) is 38.0 Å². The van der Waals surface area contributed by atoms with Crippen LogP contribution in [0.1, 0.15) is 16.5 Å². The fraction of sp³-hybridized carbons (Fsp3) is 0.167. The van der Waals surface area contributed by atoms with Crippen molar-refractivity contribution in [1.82, 2.24) is 5.43 Å². The van der Waals surface area contributed by atoms with Crippen LogP contribution in [0.5, 0.6) is 0 Å². The Kier molecular flexibility index (Phi) is 4.98. The molecule has 17 heavy (non-hydrogen) atoms. The van der Waals surface area contributed by atoms with Crippen molar-refractivity contribution in [3.05, 3.63) is 54.2 Å². The number of halogens is 2. The normalized spacial score (nSPS) is 12.6. The van der Waals surface area contributed by atoms with Crippen molar-refractivity contribution < 1.29 is 0 Å². The maximum atomic E-state index is 5.66. The van der Waals surface area contributed by atoms with Gasteiger partial charge in [-0.2, -0.15) is 0 Å². The van der Waals surface area contributed by atoms with Gasteiger partial charge in [-0.05, 0) is 67.7 Å². The van der Waals surface area contributed by atoms with Crippen molar-refractivity contribution in [3.8, 4) is 0 Å². The molecule has 0 spiro atoms. The summed E-state index contributed by atoms with van der Waals surface area (Å²) < 4.78 is 2.39. The number of hydrogen-bond acceptors (Lipinski definition) is 3. The summed E-state index contributed by atoms with van der Waals surface area (Å²) in [7, 11) is 0. The van der Waals surface area contributed by atoms with E-state index in [0.717, 1.165) is 10.9 Å². The van der Waals surface area contributed by atoms with E-state index in [1.165, 1.54) is 14.0 Å². The van der Waals surface area contributed by atoms with Crippen LogP contribution < -0.4 is 11.3 Å². The van der Waals surface area contributed by atoms with Crippen LogP contribution in [0, 0.1) is 3.57 Å². The zero-order chi connectivity index (χ0) is 12.3. The molecule has 0 fully saturated rings. The average molecular weight is 423 g/mol. The van der Waals surface area contributed by atoms with E-state index >= 15 is 0 Å². The van der Waals surface area contributed by atoms with Gasteiger partial charge in [-0.1, -0.05) is 12.1 Å². The van der Waals surface area contributed by atoms with Gasteiger partial charge in [0.1, 0.15) is 0 Å². The third kappa shape index (κ3) is 3.51. The van der Waals surface area contributed by atoms with E-state index in [-0.39, 0.29) is 6.04 Å². The third-order valence-electron chi connectivity index (χ3n) is 2.53.